The Morgan fingerprint density at radius 2 is 1.17 bits per heavy atom. The van der Waals surface area contributed by atoms with Gasteiger partial charge in [-0.05, 0) is 74.1 Å². The number of sulfonamides is 1. The van der Waals surface area contributed by atoms with Crippen LogP contribution >= 0.6 is 43.7 Å². The van der Waals surface area contributed by atoms with Crippen molar-refractivity contribution in [2.24, 2.45) is 13.0 Å². The second-order valence-corrected chi connectivity index (χ2v) is 40.1. The van der Waals surface area contributed by atoms with Crippen molar-refractivity contribution in [3.8, 4) is 5.75 Å². The summed E-state index contributed by atoms with van der Waals surface area (Å²) in [5.41, 5.74) is 1.10. The molecule has 43 nitrogen and oxygen atoms in total. The van der Waals surface area contributed by atoms with E-state index < -0.39 is 138 Å². The van der Waals surface area contributed by atoms with Gasteiger partial charge in [-0.2, -0.15) is 4.72 Å². The maximum atomic E-state index is 13.5. The summed E-state index contributed by atoms with van der Waals surface area (Å²) in [6.07, 6.45) is 39.5. The number of carboxylic acids is 1. The molecule has 0 aliphatic carbocycles. The molecule has 0 saturated carbocycles. The predicted octanol–water partition coefficient (Wildman–Crippen LogP) is 8.02. The molecule has 0 spiro atoms. The number of aromatic amines is 1. The molecule has 2 aromatic heterocycles. The fourth-order valence-electron chi connectivity index (χ4n) is 14.9. The van der Waals surface area contributed by atoms with Gasteiger partial charge in [-0.1, -0.05) is 217 Å². The number of phosphoric ester groups is 1. The molecule has 802 valence electrons. The van der Waals surface area contributed by atoms with Crippen LogP contribution in [0.1, 0.15) is 279 Å². The number of benzene rings is 2. The summed E-state index contributed by atoms with van der Waals surface area (Å²) in [6, 6.07) is 5.23. The molecule has 0 bridgehead atoms. The molecule has 49 heteroatoms. The number of unbranched alkanes of at least 4 members (excludes halogenated alkanes) is 28. The molecular formula is C94H151N13NaO30PS4. The van der Waals surface area contributed by atoms with Gasteiger partial charge in [0.15, 0.2) is 12.1 Å². The number of imidazole rings is 1. The Labute approximate surface area is 873 Å². The van der Waals surface area contributed by atoms with Crippen molar-refractivity contribution in [3.63, 3.8) is 0 Å². The predicted molar refractivity (Wildman–Crippen MR) is 534 cm³/mol. The number of fused-ring (bicyclic) bond motifs is 1. The third kappa shape index (κ3) is 57.3. The number of aliphatic carboxylic acids is 1. The number of pyridine rings is 1. The van der Waals surface area contributed by atoms with E-state index in [-0.39, 0.29) is 170 Å². The molecule has 9 amide bonds. The molecule has 3 heterocycles. The normalized spacial score (nSPS) is 13.7. The van der Waals surface area contributed by atoms with Crippen molar-refractivity contribution >= 4 is 142 Å². The molecule has 2 aromatic carbocycles. The van der Waals surface area contributed by atoms with Crippen LogP contribution in [0.5, 0.6) is 5.75 Å². The fourth-order valence-corrected chi connectivity index (χ4v) is 19.2. The van der Waals surface area contributed by atoms with Gasteiger partial charge in [0.25, 0.3) is 13.7 Å². The second kappa shape index (κ2) is 77.5. The van der Waals surface area contributed by atoms with Crippen LogP contribution < -0.4 is 91.9 Å². The molecule has 1 aliphatic heterocycles. The summed E-state index contributed by atoms with van der Waals surface area (Å²) in [7, 11) is -6.38. The van der Waals surface area contributed by atoms with Crippen LogP contribution in [0.15, 0.2) is 58.6 Å². The van der Waals surface area contributed by atoms with Gasteiger partial charge in [0.2, 0.25) is 62.7 Å². The number of likely N-dealkylation sites (N-methyl/N-ethyl adjacent to an activating group) is 1. The number of aryl methyl sites for hydroxylation is 3. The molecule has 0 radical (unpaired) electrons. The second-order valence-electron chi connectivity index (χ2n) is 34.5. The van der Waals surface area contributed by atoms with Crippen molar-refractivity contribution in [2.75, 3.05) is 109 Å². The molecule has 143 heavy (non-hydrogen) atoms. The van der Waals surface area contributed by atoms with Crippen LogP contribution in [0.2, 0.25) is 0 Å². The van der Waals surface area contributed by atoms with E-state index >= 15 is 0 Å². The van der Waals surface area contributed by atoms with Gasteiger partial charge in [0.1, 0.15) is 36.6 Å². The van der Waals surface area contributed by atoms with Crippen molar-refractivity contribution in [1.82, 2.24) is 61.4 Å². The van der Waals surface area contributed by atoms with Crippen molar-refractivity contribution < 1.29 is 167 Å². The minimum Gasteiger partial charge on any atom is -0.756 e. The number of esters is 2. The summed E-state index contributed by atoms with van der Waals surface area (Å²) in [5.74, 6) is -6.94. The molecular weight excluding hydrogens is 1970 g/mol. The third-order valence-electron chi connectivity index (χ3n) is 22.6. The number of aromatic nitrogens is 3. The number of likely N-dealkylation sites (tertiary alicyclic amines) is 1. The number of ether oxygens (including phenoxy) is 4. The number of phosphoric acid groups is 1. The van der Waals surface area contributed by atoms with Crippen LogP contribution in [-0.4, -0.2) is 241 Å². The number of hydrogen-bond donors (Lipinski definition) is 13. The Morgan fingerprint density at radius 3 is 1.74 bits per heavy atom. The summed E-state index contributed by atoms with van der Waals surface area (Å²) < 4.78 is 83.8. The number of carbonyl (C=O) groups is 12. The number of anilines is 1. The molecule has 2 unspecified atom stereocenters. The standard InChI is InChI=1S/C58H106N5O18PS2.C36H46N8O12S2.Na/c1-4-6-8-10-12-14-16-18-20-22-24-26-28-30-32-34-55(68)76-43-48(79-56(69)35-33-31-29-27-25-23-21-19-17-15-13-11-9-7-5-2)44-78-82(73,74)77-41-38-61-52(65)45-75-40-37-60-51(64)36-39-63-54(67)42-50(58(63)71)83-47-53(66)62-49(57(70)59-3)46-84-81-80-72;1-21-14-25(54-13-5-6-30(45)37-9-10-38-33(47)23(3)20-57-56-55-51)15-22(2)32(21)58(52,53)43-28(35(49)50)18-41-34(48)27-19-44(4)29-16-24(7-8-26(29)31(27)46)17-42-36-39-11-12-40-36;/h48-50,72H,4-47H2,1-3H3,(H,59,70)(H,60,64)(H,61,65)(H,62,66)(H,73,74);7-8,11-12,14-16,19,23,28,43,51H,5-6,9-10,13,17-18,20H2,1-4H3,(H,37,45)(H,38,47)(H,41,48)(H,49,50)(H2,39,40,42);/q;;+1/p-1/t48-,49+,50?;23-,28-;/m10./s1. The van der Waals surface area contributed by atoms with Gasteiger partial charge in [0, 0.05) is 152 Å². The summed E-state index contributed by atoms with van der Waals surface area (Å²) in [6.45, 7) is 6.99. The Balaban J connectivity index is 0.000000776. The van der Waals surface area contributed by atoms with Crippen LogP contribution in [0.25, 0.3) is 10.9 Å². The minimum atomic E-state index is -4.96. The van der Waals surface area contributed by atoms with E-state index in [0.29, 0.717) is 55.1 Å². The van der Waals surface area contributed by atoms with E-state index in [2.05, 4.69) is 89.8 Å². The first-order chi connectivity index (χ1) is 68.3. The first-order valence-corrected chi connectivity index (χ1v) is 55.0. The number of carbonyl (C=O) groups excluding carboxylic acids is 11. The van der Waals surface area contributed by atoms with E-state index in [1.165, 1.54) is 180 Å². The SMILES string of the molecule is CCCCCCCCCCCCCCCCCC(=O)OC[C@H](COP(=O)([O-])OCCNC(=O)COCCNC(=O)CCN1C(=O)CC(SCC(=O)N[C@@H](CSOOO)C(=O)NC)C1=O)OC(=O)CCCCCCCCCCCCCCCCC.Cc1cc(OCCCC(=O)NCCNC(=O)[C@@H](C)CSOOO)cc(C)c1S(=O)(=O)N[C@@H](CNC(=O)c1cn(C)c2cc(CNc3ncc[nH]3)ccc2c1=O)C(=O)O.[Na+]. The summed E-state index contributed by atoms with van der Waals surface area (Å²) in [5, 5.41) is 53.3. The topological polar surface area (TPSA) is 594 Å². The first-order valence-electron chi connectivity index (χ1n) is 49.2. The molecule has 1 saturated heterocycles. The number of nitrogens with zero attached hydrogens (tertiary/aromatic N) is 3. The number of amides is 9. The van der Waals surface area contributed by atoms with Gasteiger partial charge in [-0.25, -0.2) is 23.9 Å². The van der Waals surface area contributed by atoms with E-state index in [9.17, 15) is 85.3 Å². The van der Waals surface area contributed by atoms with Gasteiger partial charge in [0.05, 0.1) is 53.6 Å². The molecule has 1 aliphatic rings. The number of rotatable bonds is 82. The molecule has 6 atom stereocenters. The molecule has 1 fully saturated rings. The van der Waals surface area contributed by atoms with Gasteiger partial charge in [-0.3, -0.25) is 71.8 Å². The van der Waals surface area contributed by atoms with E-state index in [1.54, 1.807) is 49.1 Å². The quantitative estimate of drug-likeness (QED) is 0.00291. The van der Waals surface area contributed by atoms with E-state index in [1.807, 2.05) is 0 Å². The molecule has 5 rings (SSSR count). The van der Waals surface area contributed by atoms with Crippen molar-refractivity contribution in [2.45, 2.75) is 301 Å². The monoisotopic (exact) mass is 2120 g/mol. The Kier molecular flexibility index (Phi) is 70.0. The summed E-state index contributed by atoms with van der Waals surface area (Å²) >= 11 is 2.24. The zero-order valence-electron chi connectivity index (χ0n) is 84.1. The van der Waals surface area contributed by atoms with Gasteiger partial charge in [-0.15, -0.1) is 20.4 Å². The van der Waals surface area contributed by atoms with Crippen molar-refractivity contribution in [1.29, 1.82) is 0 Å². The maximum absolute atomic E-state index is 13.5. The van der Waals surface area contributed by atoms with E-state index in [4.69, 9.17) is 38.5 Å². The van der Waals surface area contributed by atoms with Crippen LogP contribution in [0.3, 0.4) is 0 Å². The van der Waals surface area contributed by atoms with Gasteiger partial charge >= 0.3 is 47.5 Å². The maximum Gasteiger partial charge on any atom is 1.00 e. The molecule has 13 N–H and O–H groups in total. The Morgan fingerprint density at radius 1 is 0.629 bits per heavy atom. The minimum absolute atomic E-state index is 0. The molecule has 4 aromatic rings. The van der Waals surface area contributed by atoms with Gasteiger partial charge < -0.3 is 90.1 Å². The zero-order chi connectivity index (χ0) is 104. The number of carboxylic acid groups (broad SMARTS) is 1. The van der Waals surface area contributed by atoms with Crippen LogP contribution in [0.4, 0.5) is 5.95 Å². The average Bonchev–Trinajstić information content (AvgIpc) is 0.957. The number of nitrogens with one attached hydrogen (secondary N) is 10. The van der Waals surface area contributed by atoms with Crippen molar-refractivity contribution in [3.05, 3.63) is 81.4 Å². The summed E-state index contributed by atoms with van der Waals surface area (Å²) in [4.78, 5) is 184. The van der Waals surface area contributed by atoms with Crippen LogP contribution in [-0.2, 0) is 123 Å². The largest absolute Gasteiger partial charge is 1.00 e. The average molecular weight is 2130 g/mol. The van der Waals surface area contributed by atoms with Crippen LogP contribution in [0, 0.1) is 19.8 Å². The third-order valence-corrected chi connectivity index (χ3v) is 28.0. The first kappa shape index (κ1) is 129. The number of H-pyrrole nitrogens is 1. The fraction of sp³-hybridized carbons (Fsp3) is 0.681. The van der Waals surface area contributed by atoms with E-state index in [0.717, 1.165) is 72.8 Å². The number of imide groups is 1. The number of hydrogen-bond acceptors (Lipinski definition) is 34. The Hall–Kier alpha value is -7.91. The zero-order valence-corrected chi connectivity index (χ0v) is 90.2. The smallest absolute Gasteiger partial charge is 0.756 e. The number of thioether (sulfide) groups is 1. The Bertz CT molecular complexity index is 4650.